The topological polar surface area (TPSA) is 106 Å². The molecular formula is C16H16N2O5. The first-order valence-corrected chi connectivity index (χ1v) is 7.06. The van der Waals surface area contributed by atoms with Crippen LogP contribution in [0.3, 0.4) is 0 Å². The number of hydrogen-bond donors (Lipinski definition) is 2. The van der Waals surface area contributed by atoms with Crippen molar-refractivity contribution < 1.29 is 24.2 Å². The van der Waals surface area contributed by atoms with E-state index in [0.717, 1.165) is 5.39 Å². The Morgan fingerprint density at radius 2 is 1.96 bits per heavy atom. The Balaban J connectivity index is 2.13. The number of carbonyl (C=O) groups is 3. The molecule has 0 aliphatic carbocycles. The first-order valence-electron chi connectivity index (χ1n) is 7.06. The number of para-hydroxylation sites is 1. The number of amides is 1. The summed E-state index contributed by atoms with van der Waals surface area (Å²) in [5, 5.41) is 12.3. The number of nitrogens with one attached hydrogen (secondary N) is 1. The van der Waals surface area contributed by atoms with Gasteiger partial charge in [0.2, 0.25) is 0 Å². The number of ether oxygens (including phenoxy) is 1. The predicted octanol–water partition coefficient (Wildman–Crippen LogP) is 1.37. The molecule has 1 aromatic carbocycles. The summed E-state index contributed by atoms with van der Waals surface area (Å²) in [6, 6.07) is 9.10. The Morgan fingerprint density at radius 3 is 2.65 bits per heavy atom. The quantitative estimate of drug-likeness (QED) is 0.780. The predicted molar refractivity (Wildman–Crippen MR) is 81.9 cm³/mol. The van der Waals surface area contributed by atoms with Crippen molar-refractivity contribution in [3.63, 3.8) is 0 Å². The van der Waals surface area contributed by atoms with Gasteiger partial charge >= 0.3 is 11.9 Å². The van der Waals surface area contributed by atoms with E-state index in [-0.39, 0.29) is 12.3 Å². The average Bonchev–Trinajstić information content (AvgIpc) is 2.53. The second-order valence-electron chi connectivity index (χ2n) is 4.76. The van der Waals surface area contributed by atoms with Crippen LogP contribution in [0.15, 0.2) is 36.4 Å². The summed E-state index contributed by atoms with van der Waals surface area (Å²) < 4.78 is 4.70. The van der Waals surface area contributed by atoms with E-state index in [1.165, 1.54) is 6.07 Å². The number of hydrogen-bond acceptors (Lipinski definition) is 5. The molecule has 23 heavy (non-hydrogen) atoms. The summed E-state index contributed by atoms with van der Waals surface area (Å²) in [5.74, 6) is -2.66. The number of pyridine rings is 1. The lowest BCUT2D eigenvalue weighted by Gasteiger charge is -2.13. The molecule has 0 radical (unpaired) electrons. The van der Waals surface area contributed by atoms with Gasteiger partial charge < -0.3 is 15.2 Å². The van der Waals surface area contributed by atoms with E-state index in [9.17, 15) is 14.4 Å². The molecule has 0 unspecified atom stereocenters. The standard InChI is InChI=1S/C16H16N2O5/c1-2-23-14(19)9-13(16(21)22)18-15(20)12-8-7-10-5-3-4-6-11(10)17-12/h3-8,13H,2,9H2,1H3,(H,18,20)(H,21,22)/t13-/m0/s1. The zero-order valence-electron chi connectivity index (χ0n) is 12.5. The maximum atomic E-state index is 12.2. The van der Waals surface area contributed by atoms with E-state index in [0.29, 0.717) is 5.52 Å². The van der Waals surface area contributed by atoms with E-state index >= 15 is 0 Å². The van der Waals surface area contributed by atoms with Gasteiger partial charge in [0, 0.05) is 5.39 Å². The number of benzene rings is 1. The monoisotopic (exact) mass is 316 g/mol. The fraction of sp³-hybridized carbons (Fsp3) is 0.250. The van der Waals surface area contributed by atoms with Crippen LogP contribution in [0.4, 0.5) is 0 Å². The van der Waals surface area contributed by atoms with Crippen LogP contribution in [0.2, 0.25) is 0 Å². The molecule has 1 heterocycles. The molecule has 0 bridgehead atoms. The van der Waals surface area contributed by atoms with Crippen LogP contribution in [0.5, 0.6) is 0 Å². The second kappa shape index (κ2) is 7.35. The van der Waals surface area contributed by atoms with Crippen LogP contribution in [0, 0.1) is 0 Å². The molecule has 1 aromatic heterocycles. The van der Waals surface area contributed by atoms with Gasteiger partial charge in [0.05, 0.1) is 18.5 Å². The minimum absolute atomic E-state index is 0.0822. The van der Waals surface area contributed by atoms with E-state index in [4.69, 9.17) is 9.84 Å². The van der Waals surface area contributed by atoms with Gasteiger partial charge in [0.25, 0.3) is 5.91 Å². The average molecular weight is 316 g/mol. The molecule has 1 atom stereocenters. The lowest BCUT2D eigenvalue weighted by Crippen LogP contribution is -2.42. The number of esters is 1. The van der Waals surface area contributed by atoms with Gasteiger partial charge in [-0.15, -0.1) is 0 Å². The van der Waals surface area contributed by atoms with Crippen molar-refractivity contribution in [1.29, 1.82) is 0 Å². The molecule has 1 amide bonds. The molecule has 7 heteroatoms. The third-order valence-electron chi connectivity index (χ3n) is 3.11. The molecule has 7 nitrogen and oxygen atoms in total. The van der Waals surface area contributed by atoms with Gasteiger partial charge in [-0.2, -0.15) is 0 Å². The first kappa shape index (κ1) is 16.4. The Kier molecular flexibility index (Phi) is 5.24. The molecule has 2 rings (SSSR count). The smallest absolute Gasteiger partial charge is 0.326 e. The largest absolute Gasteiger partial charge is 0.480 e. The molecule has 2 aromatic rings. The van der Waals surface area contributed by atoms with Gasteiger partial charge in [-0.1, -0.05) is 24.3 Å². The fourth-order valence-electron chi connectivity index (χ4n) is 2.01. The van der Waals surface area contributed by atoms with Crippen LogP contribution in [0.1, 0.15) is 23.8 Å². The number of nitrogens with zero attached hydrogens (tertiary/aromatic N) is 1. The SMILES string of the molecule is CCOC(=O)C[C@H](NC(=O)c1ccc2ccccc2n1)C(=O)O. The van der Waals surface area contributed by atoms with E-state index < -0.39 is 30.3 Å². The Hall–Kier alpha value is -2.96. The third kappa shape index (κ3) is 4.26. The Bertz CT molecular complexity index is 744. The summed E-state index contributed by atoms with van der Waals surface area (Å²) in [6.45, 7) is 1.76. The molecule has 0 saturated heterocycles. The highest BCUT2D eigenvalue weighted by Crippen LogP contribution is 2.12. The van der Waals surface area contributed by atoms with E-state index in [1.807, 2.05) is 12.1 Å². The highest BCUT2D eigenvalue weighted by molar-refractivity contribution is 5.97. The number of aromatic nitrogens is 1. The van der Waals surface area contributed by atoms with Crippen LogP contribution in [-0.4, -0.2) is 40.6 Å². The number of carboxylic acids is 1. The summed E-state index contributed by atoms with van der Waals surface area (Å²) in [7, 11) is 0. The van der Waals surface area contributed by atoms with Crippen molar-refractivity contribution in [3.8, 4) is 0 Å². The highest BCUT2D eigenvalue weighted by Gasteiger charge is 2.25. The maximum Gasteiger partial charge on any atom is 0.326 e. The van der Waals surface area contributed by atoms with Crippen molar-refractivity contribution in [2.45, 2.75) is 19.4 Å². The van der Waals surface area contributed by atoms with Crippen molar-refractivity contribution in [3.05, 3.63) is 42.1 Å². The van der Waals surface area contributed by atoms with Crippen molar-refractivity contribution in [2.24, 2.45) is 0 Å². The number of carbonyl (C=O) groups excluding carboxylic acids is 2. The molecule has 120 valence electrons. The minimum atomic E-state index is -1.37. The normalized spacial score (nSPS) is 11.7. The minimum Gasteiger partial charge on any atom is -0.480 e. The molecule has 0 spiro atoms. The lowest BCUT2D eigenvalue weighted by molar-refractivity contribution is -0.149. The summed E-state index contributed by atoms with van der Waals surface area (Å²) >= 11 is 0. The van der Waals surface area contributed by atoms with E-state index in [2.05, 4.69) is 10.3 Å². The Morgan fingerprint density at radius 1 is 1.22 bits per heavy atom. The Labute approximate surface area is 132 Å². The summed E-state index contributed by atoms with van der Waals surface area (Å²) in [5.41, 5.74) is 0.705. The maximum absolute atomic E-state index is 12.2. The summed E-state index contributed by atoms with van der Waals surface area (Å²) in [4.78, 5) is 38.9. The first-order chi connectivity index (χ1) is 11.0. The number of rotatable bonds is 6. The van der Waals surface area contributed by atoms with Gasteiger partial charge in [-0.05, 0) is 19.1 Å². The van der Waals surface area contributed by atoms with Crippen molar-refractivity contribution in [1.82, 2.24) is 10.3 Å². The van der Waals surface area contributed by atoms with Gasteiger partial charge in [-0.25, -0.2) is 9.78 Å². The zero-order chi connectivity index (χ0) is 16.8. The van der Waals surface area contributed by atoms with Crippen LogP contribution in [-0.2, 0) is 14.3 Å². The van der Waals surface area contributed by atoms with Crippen LogP contribution >= 0.6 is 0 Å². The van der Waals surface area contributed by atoms with Crippen molar-refractivity contribution >= 4 is 28.7 Å². The highest BCUT2D eigenvalue weighted by atomic mass is 16.5. The number of fused-ring (bicyclic) bond motifs is 1. The molecule has 2 N–H and O–H groups in total. The van der Waals surface area contributed by atoms with Gasteiger partial charge in [-0.3, -0.25) is 9.59 Å². The molecular weight excluding hydrogens is 300 g/mol. The van der Waals surface area contributed by atoms with Crippen LogP contribution in [0.25, 0.3) is 10.9 Å². The van der Waals surface area contributed by atoms with E-state index in [1.54, 1.807) is 25.1 Å². The fourth-order valence-corrected chi connectivity index (χ4v) is 2.01. The lowest BCUT2D eigenvalue weighted by atomic mass is 10.1. The number of aliphatic carboxylic acids is 1. The van der Waals surface area contributed by atoms with Gasteiger partial charge in [0.15, 0.2) is 0 Å². The second-order valence-corrected chi connectivity index (χ2v) is 4.76. The number of carboxylic acid groups (broad SMARTS) is 1. The molecule has 0 aliphatic heterocycles. The zero-order valence-corrected chi connectivity index (χ0v) is 12.5. The molecule has 0 fully saturated rings. The summed E-state index contributed by atoms with van der Waals surface area (Å²) in [6.07, 6.45) is -0.442. The third-order valence-corrected chi connectivity index (χ3v) is 3.11. The molecule has 0 aliphatic rings. The van der Waals surface area contributed by atoms with Crippen molar-refractivity contribution in [2.75, 3.05) is 6.61 Å². The van der Waals surface area contributed by atoms with Gasteiger partial charge in [0.1, 0.15) is 11.7 Å². The van der Waals surface area contributed by atoms with Crippen LogP contribution < -0.4 is 5.32 Å². The molecule has 0 saturated carbocycles.